The summed E-state index contributed by atoms with van der Waals surface area (Å²) in [4.78, 5) is 11.9. The van der Waals surface area contributed by atoms with E-state index < -0.39 is 18.4 Å². The van der Waals surface area contributed by atoms with Crippen LogP contribution in [-0.2, 0) is 9.53 Å². The Morgan fingerprint density at radius 3 is 2.48 bits per heavy atom. The molecule has 0 radical (unpaired) electrons. The Morgan fingerprint density at radius 2 is 1.76 bits per heavy atom. The third-order valence-corrected chi connectivity index (χ3v) is 6.21. The summed E-state index contributed by atoms with van der Waals surface area (Å²) in [5, 5.41) is 20.8. The quantitative estimate of drug-likeness (QED) is 0.754. The molecule has 2 N–H and O–H groups in total. The number of hydrogen-bond donors (Lipinski definition) is 2. The van der Waals surface area contributed by atoms with Crippen LogP contribution >= 0.6 is 0 Å². The van der Waals surface area contributed by atoms with Crippen LogP contribution in [-0.4, -0.2) is 34.6 Å². The number of ether oxygens (including phenoxy) is 1. The molecule has 142 valence electrons. The summed E-state index contributed by atoms with van der Waals surface area (Å²) in [5.74, 6) is 0.0224. The number of esters is 1. The van der Waals surface area contributed by atoms with E-state index in [4.69, 9.17) is 4.74 Å². The van der Waals surface area contributed by atoms with Gasteiger partial charge >= 0.3 is 5.97 Å². The van der Waals surface area contributed by atoms with Gasteiger partial charge in [0.05, 0.1) is 12.2 Å². The van der Waals surface area contributed by atoms with Crippen LogP contribution in [0, 0.1) is 11.8 Å². The van der Waals surface area contributed by atoms with Crippen molar-refractivity contribution in [2.75, 3.05) is 0 Å². The van der Waals surface area contributed by atoms with Gasteiger partial charge in [0.1, 0.15) is 11.9 Å². The number of aliphatic hydroxyl groups excluding tert-OH is 2. The van der Waals surface area contributed by atoms with Crippen LogP contribution in [0.2, 0.25) is 0 Å². The lowest BCUT2D eigenvalue weighted by Gasteiger charge is -2.26. The number of carbonyl (C=O) groups is 1. The Morgan fingerprint density at radius 1 is 1.08 bits per heavy atom. The molecule has 4 nitrogen and oxygen atoms in total. The maximum absolute atomic E-state index is 14.7. The predicted molar refractivity (Wildman–Crippen MR) is 92.4 cm³/mol. The number of rotatable bonds is 4. The number of carbonyl (C=O) groups excluding carboxylic acids is 1. The van der Waals surface area contributed by atoms with Gasteiger partial charge in [-0.2, -0.15) is 0 Å². The first-order chi connectivity index (χ1) is 12.1. The first kappa shape index (κ1) is 18.8. The standard InChI is InChI=1S/C20H31FO4/c21-16(20(24)13-7-5-6-8-13)11-15-14-9-3-1-2-4-10-19(23)25-18(14)12-17(15)22/h13,15-17,20,22,24H,1-12H2/t15-,16?,17-,20+/m1/s1. The van der Waals surface area contributed by atoms with E-state index in [0.29, 0.717) is 12.2 Å². The van der Waals surface area contributed by atoms with Gasteiger partial charge in [0, 0.05) is 18.8 Å². The highest BCUT2D eigenvalue weighted by molar-refractivity contribution is 5.70. The number of alkyl halides is 1. The van der Waals surface area contributed by atoms with E-state index in [2.05, 4.69) is 0 Å². The fourth-order valence-electron chi connectivity index (χ4n) is 4.74. The molecule has 0 bridgehead atoms. The Labute approximate surface area is 149 Å². The van der Waals surface area contributed by atoms with Gasteiger partial charge in [-0.15, -0.1) is 0 Å². The monoisotopic (exact) mass is 354 g/mol. The molecule has 0 aromatic carbocycles. The van der Waals surface area contributed by atoms with Crippen LogP contribution in [0.4, 0.5) is 4.39 Å². The van der Waals surface area contributed by atoms with E-state index in [1.165, 1.54) is 0 Å². The SMILES string of the molecule is O=C1CCCCCCC2=C(C[C@@H](O)[C@@H]2CC(F)[C@@H](O)C2CCCC2)O1. The van der Waals surface area contributed by atoms with Gasteiger partial charge in [0.25, 0.3) is 0 Å². The smallest absolute Gasteiger partial charge is 0.310 e. The molecule has 0 saturated heterocycles. The summed E-state index contributed by atoms with van der Waals surface area (Å²) in [5.41, 5.74) is 0.907. The Bertz CT molecular complexity index is 498. The molecule has 2 aliphatic carbocycles. The molecule has 1 heterocycles. The van der Waals surface area contributed by atoms with Crippen molar-refractivity contribution in [3.8, 4) is 0 Å². The van der Waals surface area contributed by atoms with Crippen molar-refractivity contribution in [1.29, 1.82) is 0 Å². The molecule has 4 atom stereocenters. The fourth-order valence-corrected chi connectivity index (χ4v) is 4.74. The van der Waals surface area contributed by atoms with E-state index in [1.54, 1.807) is 0 Å². The molecular formula is C20H31FO4. The van der Waals surface area contributed by atoms with Crippen molar-refractivity contribution < 1.29 is 24.1 Å². The van der Waals surface area contributed by atoms with Gasteiger partial charge in [-0.1, -0.05) is 25.7 Å². The van der Waals surface area contributed by atoms with Gasteiger partial charge < -0.3 is 14.9 Å². The highest BCUT2D eigenvalue weighted by Crippen LogP contribution is 2.41. The predicted octanol–water partition coefficient (Wildman–Crippen LogP) is 3.80. The topological polar surface area (TPSA) is 66.8 Å². The molecule has 0 aromatic heterocycles. The third kappa shape index (κ3) is 4.62. The largest absolute Gasteiger partial charge is 0.431 e. The minimum Gasteiger partial charge on any atom is -0.431 e. The summed E-state index contributed by atoms with van der Waals surface area (Å²) in [6.45, 7) is 0. The van der Waals surface area contributed by atoms with Gasteiger partial charge in [-0.3, -0.25) is 4.79 Å². The second-order valence-electron chi connectivity index (χ2n) is 8.00. The lowest BCUT2D eigenvalue weighted by molar-refractivity contribution is -0.140. The van der Waals surface area contributed by atoms with Crippen molar-refractivity contribution in [1.82, 2.24) is 0 Å². The maximum atomic E-state index is 14.7. The summed E-state index contributed by atoms with van der Waals surface area (Å²) in [6.07, 6.45) is 6.32. The van der Waals surface area contributed by atoms with E-state index in [-0.39, 0.29) is 30.6 Å². The normalized spacial score (nSPS) is 31.6. The molecule has 3 rings (SSSR count). The van der Waals surface area contributed by atoms with Crippen LogP contribution in [0.15, 0.2) is 11.3 Å². The molecule has 1 aliphatic heterocycles. The van der Waals surface area contributed by atoms with Gasteiger partial charge in [0.2, 0.25) is 0 Å². The van der Waals surface area contributed by atoms with Crippen LogP contribution in [0.3, 0.4) is 0 Å². The van der Waals surface area contributed by atoms with Crippen molar-refractivity contribution in [3.05, 3.63) is 11.3 Å². The van der Waals surface area contributed by atoms with E-state index in [0.717, 1.165) is 63.4 Å². The highest BCUT2D eigenvalue weighted by Gasteiger charge is 2.39. The van der Waals surface area contributed by atoms with Crippen molar-refractivity contribution in [2.45, 2.75) is 95.4 Å². The molecule has 0 amide bonds. The summed E-state index contributed by atoms with van der Waals surface area (Å²) >= 11 is 0. The van der Waals surface area contributed by atoms with Crippen LogP contribution in [0.5, 0.6) is 0 Å². The molecule has 1 unspecified atom stereocenters. The van der Waals surface area contributed by atoms with Crippen molar-refractivity contribution in [2.24, 2.45) is 11.8 Å². The lowest BCUT2D eigenvalue weighted by Crippen LogP contribution is -2.33. The molecule has 0 aromatic rings. The molecule has 3 aliphatic rings. The highest BCUT2D eigenvalue weighted by atomic mass is 19.1. The number of aliphatic hydroxyl groups is 2. The van der Waals surface area contributed by atoms with Crippen molar-refractivity contribution in [3.63, 3.8) is 0 Å². The summed E-state index contributed by atoms with van der Waals surface area (Å²) in [7, 11) is 0. The Balaban J connectivity index is 1.69. The van der Waals surface area contributed by atoms with Gasteiger partial charge in [0.15, 0.2) is 0 Å². The minimum atomic E-state index is -1.33. The summed E-state index contributed by atoms with van der Waals surface area (Å²) in [6, 6.07) is 0. The van der Waals surface area contributed by atoms with Gasteiger partial charge in [-0.25, -0.2) is 4.39 Å². The molecule has 25 heavy (non-hydrogen) atoms. The zero-order valence-electron chi connectivity index (χ0n) is 15.0. The first-order valence-corrected chi connectivity index (χ1v) is 9.99. The molecular weight excluding hydrogens is 323 g/mol. The number of halogens is 1. The van der Waals surface area contributed by atoms with E-state index in [9.17, 15) is 19.4 Å². The average Bonchev–Trinajstić information content (AvgIpc) is 3.20. The minimum absolute atomic E-state index is 0.0452. The second-order valence-corrected chi connectivity index (χ2v) is 8.00. The molecule has 1 saturated carbocycles. The number of hydrogen-bond acceptors (Lipinski definition) is 4. The molecule has 5 heteroatoms. The van der Waals surface area contributed by atoms with Crippen molar-refractivity contribution >= 4 is 5.97 Å². The second kappa shape index (κ2) is 8.63. The first-order valence-electron chi connectivity index (χ1n) is 9.99. The van der Waals surface area contributed by atoms with Crippen LogP contribution < -0.4 is 0 Å². The van der Waals surface area contributed by atoms with E-state index >= 15 is 0 Å². The fraction of sp³-hybridized carbons (Fsp3) is 0.850. The third-order valence-electron chi connectivity index (χ3n) is 6.21. The van der Waals surface area contributed by atoms with Crippen LogP contribution in [0.1, 0.15) is 77.0 Å². The van der Waals surface area contributed by atoms with E-state index in [1.807, 2.05) is 0 Å². The molecule has 0 spiro atoms. The Kier molecular flexibility index (Phi) is 6.50. The molecule has 1 fully saturated rings. The average molecular weight is 354 g/mol. The zero-order valence-corrected chi connectivity index (χ0v) is 15.0. The maximum Gasteiger partial charge on any atom is 0.310 e. The van der Waals surface area contributed by atoms with Crippen LogP contribution in [0.25, 0.3) is 0 Å². The Hall–Kier alpha value is -0.940. The summed E-state index contributed by atoms with van der Waals surface area (Å²) < 4.78 is 20.2. The zero-order chi connectivity index (χ0) is 17.8. The lowest BCUT2D eigenvalue weighted by atomic mass is 9.86. The van der Waals surface area contributed by atoms with Gasteiger partial charge in [-0.05, 0) is 50.0 Å².